The molecule has 0 amide bonds. The lowest BCUT2D eigenvalue weighted by Gasteiger charge is -2.04. The molecule has 112 valence electrons. The van der Waals surface area contributed by atoms with Gasteiger partial charge in [-0.15, -0.1) is 0 Å². The Morgan fingerprint density at radius 2 is 2.05 bits per heavy atom. The molecule has 1 N–H and O–H groups in total. The molecule has 0 aliphatic rings. The standard InChI is InChI=1S/C15H17Br2N3O/c1-10-6-11(2)20(19-10)5-3-4-18-9-12-7-13(16)8-14(17)15(12)21/h6-9,21H,3-5H2,1-2H3. The predicted molar refractivity (Wildman–Crippen MR) is 92.3 cm³/mol. The number of aromatic nitrogens is 2. The first-order valence-electron chi connectivity index (χ1n) is 6.66. The number of phenols is 1. The van der Waals surface area contributed by atoms with Crippen molar-refractivity contribution >= 4 is 38.1 Å². The molecule has 21 heavy (non-hydrogen) atoms. The van der Waals surface area contributed by atoms with Crippen LogP contribution in [0, 0.1) is 13.8 Å². The van der Waals surface area contributed by atoms with Crippen LogP contribution < -0.4 is 0 Å². The number of rotatable bonds is 5. The Labute approximate surface area is 141 Å². The van der Waals surface area contributed by atoms with Crippen molar-refractivity contribution in [2.24, 2.45) is 4.99 Å². The summed E-state index contributed by atoms with van der Waals surface area (Å²) in [6.45, 7) is 5.60. The van der Waals surface area contributed by atoms with Gasteiger partial charge in [-0.25, -0.2) is 0 Å². The summed E-state index contributed by atoms with van der Waals surface area (Å²) in [5.41, 5.74) is 2.91. The Balaban J connectivity index is 1.90. The first kappa shape index (κ1) is 16.2. The van der Waals surface area contributed by atoms with Crippen LogP contribution in [0.15, 0.2) is 32.1 Å². The summed E-state index contributed by atoms with van der Waals surface area (Å²) in [7, 11) is 0. The normalized spacial score (nSPS) is 11.4. The Bertz CT molecular complexity index is 665. The molecule has 1 aromatic carbocycles. The Hall–Kier alpha value is -1.14. The maximum absolute atomic E-state index is 9.92. The lowest BCUT2D eigenvalue weighted by Crippen LogP contribution is -2.03. The number of nitrogens with zero attached hydrogens (tertiary/aromatic N) is 3. The van der Waals surface area contributed by atoms with Gasteiger partial charge in [-0.1, -0.05) is 15.9 Å². The van der Waals surface area contributed by atoms with Gasteiger partial charge in [0.25, 0.3) is 0 Å². The number of halogens is 2. The van der Waals surface area contributed by atoms with Crippen molar-refractivity contribution in [2.75, 3.05) is 6.54 Å². The molecule has 0 aliphatic heterocycles. The first-order chi connectivity index (χ1) is 9.97. The number of benzene rings is 1. The van der Waals surface area contributed by atoms with Gasteiger partial charge in [-0.2, -0.15) is 5.10 Å². The van der Waals surface area contributed by atoms with E-state index in [1.54, 1.807) is 12.3 Å². The number of aromatic hydroxyl groups is 1. The van der Waals surface area contributed by atoms with Crippen LogP contribution in [0.25, 0.3) is 0 Å². The zero-order chi connectivity index (χ0) is 15.4. The van der Waals surface area contributed by atoms with Crippen molar-refractivity contribution < 1.29 is 5.11 Å². The number of hydrogen-bond donors (Lipinski definition) is 1. The van der Waals surface area contributed by atoms with Gasteiger partial charge in [0, 0.05) is 35.0 Å². The van der Waals surface area contributed by atoms with Crippen molar-refractivity contribution in [1.82, 2.24) is 9.78 Å². The molecule has 0 atom stereocenters. The van der Waals surface area contributed by atoms with Crippen molar-refractivity contribution in [1.29, 1.82) is 0 Å². The summed E-state index contributed by atoms with van der Waals surface area (Å²) in [5, 5.41) is 14.3. The number of aliphatic imine (C=N–C) groups is 1. The van der Waals surface area contributed by atoms with Crippen LogP contribution in [-0.2, 0) is 6.54 Å². The number of hydrogen-bond acceptors (Lipinski definition) is 3. The highest BCUT2D eigenvalue weighted by Crippen LogP contribution is 2.30. The van der Waals surface area contributed by atoms with Gasteiger partial charge in [0.1, 0.15) is 5.75 Å². The monoisotopic (exact) mass is 413 g/mol. The van der Waals surface area contributed by atoms with E-state index in [0.717, 1.165) is 23.1 Å². The highest BCUT2D eigenvalue weighted by molar-refractivity contribution is 9.11. The SMILES string of the molecule is Cc1cc(C)n(CCCN=Cc2cc(Br)cc(Br)c2O)n1. The second-order valence-electron chi connectivity index (χ2n) is 4.86. The summed E-state index contributed by atoms with van der Waals surface area (Å²) < 4.78 is 3.55. The quantitative estimate of drug-likeness (QED) is 0.587. The average molecular weight is 415 g/mol. The van der Waals surface area contributed by atoms with Crippen molar-refractivity contribution in [2.45, 2.75) is 26.8 Å². The fourth-order valence-corrected chi connectivity index (χ4v) is 3.32. The zero-order valence-electron chi connectivity index (χ0n) is 12.0. The molecule has 0 aliphatic carbocycles. The van der Waals surface area contributed by atoms with E-state index in [4.69, 9.17) is 0 Å². The van der Waals surface area contributed by atoms with E-state index in [1.165, 1.54) is 5.69 Å². The van der Waals surface area contributed by atoms with Crippen molar-refractivity contribution in [3.63, 3.8) is 0 Å². The molecule has 0 saturated heterocycles. The third-order valence-corrected chi connectivity index (χ3v) is 4.11. The molecule has 2 rings (SSSR count). The topological polar surface area (TPSA) is 50.4 Å². The Kier molecular flexibility index (Phi) is 5.58. The van der Waals surface area contributed by atoms with Crippen molar-refractivity contribution in [3.05, 3.63) is 44.1 Å². The van der Waals surface area contributed by atoms with Gasteiger partial charge in [0.2, 0.25) is 0 Å². The molecule has 1 aromatic heterocycles. The molecule has 1 heterocycles. The molecular weight excluding hydrogens is 398 g/mol. The largest absolute Gasteiger partial charge is 0.506 e. The highest BCUT2D eigenvalue weighted by atomic mass is 79.9. The van der Waals surface area contributed by atoms with E-state index in [0.29, 0.717) is 16.6 Å². The Morgan fingerprint density at radius 3 is 2.71 bits per heavy atom. The van der Waals surface area contributed by atoms with Crippen LogP contribution in [0.5, 0.6) is 5.75 Å². The second kappa shape index (κ2) is 7.22. The van der Waals surface area contributed by atoms with Crippen LogP contribution in [0.3, 0.4) is 0 Å². The molecule has 4 nitrogen and oxygen atoms in total. The number of phenolic OH excluding ortho intramolecular Hbond substituents is 1. The summed E-state index contributed by atoms with van der Waals surface area (Å²) in [4.78, 5) is 4.37. The van der Waals surface area contributed by atoms with Gasteiger partial charge in [0.15, 0.2) is 0 Å². The third kappa shape index (κ3) is 4.41. The van der Waals surface area contributed by atoms with E-state index < -0.39 is 0 Å². The van der Waals surface area contributed by atoms with Crippen LogP contribution in [0.2, 0.25) is 0 Å². The lowest BCUT2D eigenvalue weighted by atomic mass is 10.2. The molecule has 2 aromatic rings. The van der Waals surface area contributed by atoms with Crippen LogP contribution in [0.4, 0.5) is 0 Å². The van der Waals surface area contributed by atoms with Gasteiger partial charge >= 0.3 is 0 Å². The van der Waals surface area contributed by atoms with Crippen LogP contribution in [0.1, 0.15) is 23.4 Å². The third-order valence-electron chi connectivity index (χ3n) is 3.05. The molecule has 0 bridgehead atoms. The van der Waals surface area contributed by atoms with Gasteiger partial charge in [0.05, 0.1) is 10.2 Å². The first-order valence-corrected chi connectivity index (χ1v) is 8.25. The van der Waals surface area contributed by atoms with E-state index in [2.05, 4.69) is 54.9 Å². The highest BCUT2D eigenvalue weighted by Gasteiger charge is 2.05. The van der Waals surface area contributed by atoms with E-state index in [9.17, 15) is 5.11 Å². The van der Waals surface area contributed by atoms with Gasteiger partial charge < -0.3 is 5.11 Å². The fourth-order valence-electron chi connectivity index (χ4n) is 2.06. The summed E-state index contributed by atoms with van der Waals surface area (Å²) >= 11 is 6.70. The minimum atomic E-state index is 0.209. The fraction of sp³-hybridized carbons (Fsp3) is 0.333. The molecule has 0 spiro atoms. The lowest BCUT2D eigenvalue weighted by molar-refractivity contribution is 0.471. The zero-order valence-corrected chi connectivity index (χ0v) is 15.1. The summed E-state index contributed by atoms with van der Waals surface area (Å²) in [5.74, 6) is 0.209. The molecular formula is C15H17Br2N3O. The predicted octanol–water partition coefficient (Wildman–Crippen LogP) is 4.24. The molecule has 0 radical (unpaired) electrons. The summed E-state index contributed by atoms with van der Waals surface area (Å²) in [6.07, 6.45) is 2.61. The smallest absolute Gasteiger partial charge is 0.138 e. The average Bonchev–Trinajstić information content (AvgIpc) is 2.73. The minimum Gasteiger partial charge on any atom is -0.506 e. The summed E-state index contributed by atoms with van der Waals surface area (Å²) in [6, 6.07) is 5.71. The molecule has 6 heteroatoms. The van der Waals surface area contributed by atoms with E-state index in [-0.39, 0.29) is 5.75 Å². The van der Waals surface area contributed by atoms with Crippen molar-refractivity contribution in [3.8, 4) is 5.75 Å². The van der Waals surface area contributed by atoms with E-state index in [1.807, 2.05) is 17.7 Å². The van der Waals surface area contributed by atoms with E-state index >= 15 is 0 Å². The Morgan fingerprint density at radius 1 is 1.29 bits per heavy atom. The molecule has 0 saturated carbocycles. The maximum Gasteiger partial charge on any atom is 0.138 e. The van der Waals surface area contributed by atoms with Crippen LogP contribution in [-0.4, -0.2) is 27.6 Å². The molecule has 0 unspecified atom stereocenters. The van der Waals surface area contributed by atoms with Gasteiger partial charge in [-0.3, -0.25) is 9.67 Å². The van der Waals surface area contributed by atoms with Crippen LogP contribution >= 0.6 is 31.9 Å². The number of aryl methyl sites for hydroxylation is 3. The van der Waals surface area contributed by atoms with Gasteiger partial charge in [-0.05, 0) is 54.4 Å². The minimum absolute atomic E-state index is 0.209. The second-order valence-corrected chi connectivity index (χ2v) is 6.63. The maximum atomic E-state index is 9.92. The molecule has 0 fully saturated rings.